The van der Waals surface area contributed by atoms with Gasteiger partial charge >= 0.3 is 0 Å². The van der Waals surface area contributed by atoms with E-state index in [4.69, 9.17) is 4.74 Å². The van der Waals surface area contributed by atoms with Gasteiger partial charge in [-0.05, 0) is 19.4 Å². The minimum Gasteiger partial charge on any atom is -0.379 e. The van der Waals surface area contributed by atoms with Crippen LogP contribution in [0.15, 0.2) is 0 Å². The van der Waals surface area contributed by atoms with Crippen LogP contribution in [0.3, 0.4) is 0 Å². The van der Waals surface area contributed by atoms with E-state index in [1.54, 1.807) is 0 Å². The maximum Gasteiger partial charge on any atom is 0.227 e. The molecule has 0 radical (unpaired) electrons. The normalized spacial score (nSPS) is 33.4. The Labute approximate surface area is 114 Å². The Bertz CT molecular complexity index is 423. The molecule has 0 aromatic heterocycles. The maximum absolute atomic E-state index is 12.2. The van der Waals surface area contributed by atoms with Crippen LogP contribution in [0.5, 0.6) is 0 Å². The first-order valence-electron chi connectivity index (χ1n) is 6.84. The van der Waals surface area contributed by atoms with Crippen molar-refractivity contribution in [2.24, 2.45) is 5.92 Å². The summed E-state index contributed by atoms with van der Waals surface area (Å²) in [4.78, 5) is 12.2. The Balaban J connectivity index is 1.85. The topological polar surface area (TPSA) is 84.5 Å². The lowest BCUT2D eigenvalue weighted by atomic mass is 10.0. The number of hydrogen-bond donors (Lipinski definition) is 2. The van der Waals surface area contributed by atoms with E-state index in [-0.39, 0.29) is 35.4 Å². The highest BCUT2D eigenvalue weighted by Crippen LogP contribution is 2.16. The van der Waals surface area contributed by atoms with Gasteiger partial charge < -0.3 is 15.4 Å². The maximum atomic E-state index is 12.2. The fraction of sp³-hybridized carbons (Fsp3) is 0.917. The molecule has 110 valence electrons. The van der Waals surface area contributed by atoms with E-state index in [0.717, 1.165) is 13.0 Å². The van der Waals surface area contributed by atoms with Gasteiger partial charge in [0.2, 0.25) is 5.91 Å². The van der Waals surface area contributed by atoms with Crippen LogP contribution in [-0.2, 0) is 19.4 Å². The third kappa shape index (κ3) is 3.90. The van der Waals surface area contributed by atoms with Gasteiger partial charge in [0.15, 0.2) is 9.84 Å². The lowest BCUT2D eigenvalue weighted by Crippen LogP contribution is -2.47. The molecule has 2 aliphatic rings. The fourth-order valence-corrected chi connectivity index (χ4v) is 4.23. The van der Waals surface area contributed by atoms with Crippen LogP contribution >= 0.6 is 0 Å². The van der Waals surface area contributed by atoms with Crippen molar-refractivity contribution in [1.82, 2.24) is 10.6 Å². The number of carbonyl (C=O) groups is 1. The van der Waals surface area contributed by atoms with Crippen molar-refractivity contribution in [3.05, 3.63) is 0 Å². The van der Waals surface area contributed by atoms with E-state index in [1.165, 1.54) is 0 Å². The van der Waals surface area contributed by atoms with Crippen LogP contribution in [0.1, 0.15) is 19.8 Å². The summed E-state index contributed by atoms with van der Waals surface area (Å²) in [5.41, 5.74) is 0. The van der Waals surface area contributed by atoms with Crippen molar-refractivity contribution < 1.29 is 17.9 Å². The van der Waals surface area contributed by atoms with Gasteiger partial charge in [0.1, 0.15) is 0 Å². The van der Waals surface area contributed by atoms with Crippen molar-refractivity contribution in [1.29, 1.82) is 0 Å². The van der Waals surface area contributed by atoms with Crippen LogP contribution in [0.25, 0.3) is 0 Å². The van der Waals surface area contributed by atoms with Gasteiger partial charge in [0.25, 0.3) is 0 Å². The quantitative estimate of drug-likeness (QED) is 0.700. The zero-order valence-corrected chi connectivity index (χ0v) is 12.0. The lowest BCUT2D eigenvalue weighted by Gasteiger charge is -2.20. The molecule has 7 heteroatoms. The highest BCUT2D eigenvalue weighted by molar-refractivity contribution is 7.91. The van der Waals surface area contributed by atoms with E-state index in [1.807, 2.05) is 0 Å². The largest absolute Gasteiger partial charge is 0.379 e. The summed E-state index contributed by atoms with van der Waals surface area (Å²) in [6.45, 7) is 3.88. The van der Waals surface area contributed by atoms with Gasteiger partial charge in [-0.3, -0.25) is 4.79 Å². The summed E-state index contributed by atoms with van der Waals surface area (Å²) in [7, 11) is -2.95. The molecule has 2 saturated heterocycles. The van der Waals surface area contributed by atoms with Crippen LogP contribution in [0, 0.1) is 5.92 Å². The number of carbonyl (C=O) groups excluding carboxylic acids is 1. The summed E-state index contributed by atoms with van der Waals surface area (Å²) in [5, 5.41) is 6.14. The zero-order chi connectivity index (χ0) is 13.9. The molecule has 0 bridgehead atoms. The number of sulfone groups is 1. The molecular formula is C12H22N2O4S. The lowest BCUT2D eigenvalue weighted by molar-refractivity contribution is -0.126. The molecule has 0 aromatic carbocycles. The highest BCUT2D eigenvalue weighted by Gasteiger charge is 2.36. The molecule has 2 N–H and O–H groups in total. The first kappa shape index (κ1) is 14.7. The summed E-state index contributed by atoms with van der Waals surface area (Å²) in [6, 6.07) is -0.192. The molecule has 2 aliphatic heterocycles. The Morgan fingerprint density at radius 2 is 2.16 bits per heavy atom. The molecule has 0 saturated carbocycles. The van der Waals surface area contributed by atoms with Crippen molar-refractivity contribution in [2.45, 2.75) is 31.8 Å². The van der Waals surface area contributed by atoms with E-state index >= 15 is 0 Å². The second-order valence-corrected chi connectivity index (χ2v) is 7.54. The van der Waals surface area contributed by atoms with Crippen LogP contribution in [-0.4, -0.2) is 57.7 Å². The zero-order valence-electron chi connectivity index (χ0n) is 11.2. The molecule has 19 heavy (non-hydrogen) atoms. The van der Waals surface area contributed by atoms with Crippen molar-refractivity contribution >= 4 is 15.7 Å². The Hall–Kier alpha value is -0.660. The summed E-state index contributed by atoms with van der Waals surface area (Å²) in [5.74, 6) is -0.0567. The predicted octanol–water partition coefficient (Wildman–Crippen LogP) is -0.696. The Morgan fingerprint density at radius 1 is 1.37 bits per heavy atom. The molecular weight excluding hydrogens is 268 g/mol. The van der Waals surface area contributed by atoms with E-state index < -0.39 is 9.84 Å². The molecule has 0 aromatic rings. The summed E-state index contributed by atoms with van der Waals surface area (Å²) in [6.07, 6.45) is 1.53. The molecule has 2 heterocycles. The molecule has 3 unspecified atom stereocenters. The van der Waals surface area contributed by atoms with Gasteiger partial charge in [-0.2, -0.15) is 0 Å². The highest BCUT2D eigenvalue weighted by atomic mass is 32.2. The number of ether oxygens (including phenoxy) is 1. The standard InChI is InChI=1S/C12H22N2O4S/c1-2-4-13-11-7-18-6-10(11)12(15)14-9-3-5-19(16,17)8-9/h9-11,13H,2-8H2,1H3,(H,14,15). The van der Waals surface area contributed by atoms with Crippen LogP contribution < -0.4 is 10.6 Å². The number of nitrogens with one attached hydrogen (secondary N) is 2. The summed E-state index contributed by atoms with van der Waals surface area (Å²) < 4.78 is 28.1. The number of hydrogen-bond acceptors (Lipinski definition) is 5. The predicted molar refractivity (Wildman–Crippen MR) is 71.6 cm³/mol. The average Bonchev–Trinajstić information content (AvgIpc) is 2.93. The van der Waals surface area contributed by atoms with Crippen molar-refractivity contribution in [3.8, 4) is 0 Å². The number of rotatable bonds is 5. The molecule has 0 aliphatic carbocycles. The molecule has 3 atom stereocenters. The van der Waals surface area contributed by atoms with Gasteiger partial charge in [-0.15, -0.1) is 0 Å². The molecule has 0 spiro atoms. The monoisotopic (exact) mass is 290 g/mol. The first-order valence-corrected chi connectivity index (χ1v) is 8.66. The Kier molecular flexibility index (Phi) is 4.81. The smallest absolute Gasteiger partial charge is 0.227 e. The Morgan fingerprint density at radius 3 is 2.79 bits per heavy atom. The van der Waals surface area contributed by atoms with Gasteiger partial charge in [-0.1, -0.05) is 6.92 Å². The molecule has 6 nitrogen and oxygen atoms in total. The second-order valence-electron chi connectivity index (χ2n) is 5.31. The van der Waals surface area contributed by atoms with E-state index in [9.17, 15) is 13.2 Å². The third-order valence-corrected chi connectivity index (χ3v) is 5.42. The average molecular weight is 290 g/mol. The molecule has 2 rings (SSSR count). The third-order valence-electron chi connectivity index (χ3n) is 3.65. The minimum absolute atomic E-state index is 0.0398. The van der Waals surface area contributed by atoms with E-state index in [0.29, 0.717) is 19.6 Å². The van der Waals surface area contributed by atoms with Crippen LogP contribution in [0.4, 0.5) is 0 Å². The van der Waals surface area contributed by atoms with Gasteiger partial charge in [0, 0.05) is 12.1 Å². The molecule has 2 fully saturated rings. The molecule has 1 amide bonds. The first-order chi connectivity index (χ1) is 9.02. The SMILES string of the molecule is CCCNC1COCC1C(=O)NC1CCS(=O)(=O)C1. The van der Waals surface area contributed by atoms with Crippen molar-refractivity contribution in [2.75, 3.05) is 31.3 Å². The van der Waals surface area contributed by atoms with Gasteiger partial charge in [-0.25, -0.2) is 8.42 Å². The van der Waals surface area contributed by atoms with Crippen LogP contribution in [0.2, 0.25) is 0 Å². The number of amides is 1. The van der Waals surface area contributed by atoms with Gasteiger partial charge in [0.05, 0.1) is 30.6 Å². The summed E-state index contributed by atoms with van der Waals surface area (Å²) >= 11 is 0. The second kappa shape index (κ2) is 6.19. The van der Waals surface area contributed by atoms with Crippen molar-refractivity contribution in [3.63, 3.8) is 0 Å². The fourth-order valence-electron chi connectivity index (χ4n) is 2.56. The van der Waals surface area contributed by atoms with E-state index in [2.05, 4.69) is 17.6 Å². The minimum atomic E-state index is -2.95.